The number of phenols is 1. The highest BCUT2D eigenvalue weighted by molar-refractivity contribution is 6.19. The van der Waals surface area contributed by atoms with E-state index in [0.29, 0.717) is 57.5 Å². The maximum atomic E-state index is 13.6. The number of hydrogen-bond acceptors (Lipinski definition) is 6. The maximum absolute atomic E-state index is 13.6. The van der Waals surface area contributed by atoms with Crippen LogP contribution in [0.4, 0.5) is 5.69 Å². The highest BCUT2D eigenvalue weighted by Gasteiger charge is 2.36. The Morgan fingerprint density at radius 2 is 2.00 bits per heavy atom. The fourth-order valence-electron chi connectivity index (χ4n) is 4.47. The second-order valence-electron chi connectivity index (χ2n) is 7.55. The van der Waals surface area contributed by atoms with Gasteiger partial charge in [0.15, 0.2) is 11.5 Å². The summed E-state index contributed by atoms with van der Waals surface area (Å²) in [4.78, 5) is 18.3. The highest BCUT2D eigenvalue weighted by atomic mass is 35.5. The number of halogens is 1. The van der Waals surface area contributed by atoms with Crippen LogP contribution in [0.1, 0.15) is 22.0 Å². The van der Waals surface area contributed by atoms with Gasteiger partial charge >= 0.3 is 0 Å². The Morgan fingerprint density at radius 3 is 2.69 bits per heavy atom. The molecule has 0 radical (unpaired) electrons. The number of nitrogens with zero attached hydrogens (tertiary/aromatic N) is 1. The predicted octanol–water partition coefficient (Wildman–Crippen LogP) is 4.63. The Labute approximate surface area is 188 Å². The largest absolute Gasteiger partial charge is 0.507 e. The van der Waals surface area contributed by atoms with Gasteiger partial charge in [-0.25, -0.2) is 0 Å². The van der Waals surface area contributed by atoms with E-state index in [9.17, 15) is 9.90 Å². The van der Waals surface area contributed by atoms with Gasteiger partial charge in [-0.2, -0.15) is 0 Å². The summed E-state index contributed by atoms with van der Waals surface area (Å²) >= 11 is 6.24. The predicted molar refractivity (Wildman–Crippen MR) is 121 cm³/mol. The molecule has 9 heteroatoms. The molecule has 5 rings (SSSR count). The molecule has 0 fully saturated rings. The molecule has 0 bridgehead atoms. The van der Waals surface area contributed by atoms with E-state index in [-0.39, 0.29) is 17.6 Å². The van der Waals surface area contributed by atoms with Gasteiger partial charge in [0.25, 0.3) is 5.91 Å². The van der Waals surface area contributed by atoms with E-state index in [1.165, 1.54) is 27.6 Å². The third-order valence-electron chi connectivity index (χ3n) is 5.92. The topological polar surface area (TPSA) is 97.2 Å². The zero-order chi connectivity index (χ0) is 22.6. The van der Waals surface area contributed by atoms with E-state index in [2.05, 4.69) is 4.98 Å². The SMILES string of the molecule is COc1cc2cc(C(=O)N3CC(CCl)c4c3cc(O)c3ccoc43)[nH]c2c(OC)c1OC. The van der Waals surface area contributed by atoms with Crippen molar-refractivity contribution in [3.8, 4) is 23.0 Å². The van der Waals surface area contributed by atoms with E-state index in [0.717, 1.165) is 10.9 Å². The Kier molecular flexibility index (Phi) is 4.82. The minimum Gasteiger partial charge on any atom is -0.507 e. The first-order chi connectivity index (χ1) is 15.5. The van der Waals surface area contributed by atoms with E-state index < -0.39 is 0 Å². The number of carbonyl (C=O) groups excluding carboxylic acids is 1. The van der Waals surface area contributed by atoms with Crippen LogP contribution < -0.4 is 19.1 Å². The molecule has 0 saturated carbocycles. The van der Waals surface area contributed by atoms with Gasteiger partial charge in [-0.15, -0.1) is 11.6 Å². The lowest BCUT2D eigenvalue weighted by molar-refractivity contribution is 0.0984. The number of aromatic hydroxyl groups is 1. The number of methoxy groups -OCH3 is 3. The van der Waals surface area contributed by atoms with Gasteiger partial charge in [-0.3, -0.25) is 4.79 Å². The first-order valence-corrected chi connectivity index (χ1v) is 10.5. The number of furan rings is 1. The van der Waals surface area contributed by atoms with Crippen molar-refractivity contribution in [3.05, 3.63) is 41.8 Å². The second-order valence-corrected chi connectivity index (χ2v) is 7.86. The lowest BCUT2D eigenvalue weighted by atomic mass is 10.0. The van der Waals surface area contributed by atoms with Crippen molar-refractivity contribution in [1.29, 1.82) is 0 Å². The number of phenolic OH excluding ortho intramolecular Hbond substituents is 1. The highest BCUT2D eigenvalue weighted by Crippen LogP contribution is 2.47. The van der Waals surface area contributed by atoms with Gasteiger partial charge in [-0.05, 0) is 18.2 Å². The number of alkyl halides is 1. The number of benzene rings is 2. The summed E-state index contributed by atoms with van der Waals surface area (Å²) in [6.45, 7) is 0.371. The van der Waals surface area contributed by atoms with Crippen molar-refractivity contribution >= 4 is 45.1 Å². The summed E-state index contributed by atoms with van der Waals surface area (Å²) in [5.41, 5.74) is 2.93. The first kappa shape index (κ1) is 20.4. The molecule has 3 heterocycles. The number of ether oxygens (including phenoxy) is 3. The molecule has 166 valence electrons. The monoisotopic (exact) mass is 456 g/mol. The maximum Gasteiger partial charge on any atom is 0.274 e. The van der Waals surface area contributed by atoms with Crippen LogP contribution in [0, 0.1) is 0 Å². The Balaban J connectivity index is 1.63. The molecule has 0 aliphatic carbocycles. The Bertz CT molecular complexity index is 1360. The van der Waals surface area contributed by atoms with Crippen LogP contribution in [0.2, 0.25) is 0 Å². The lowest BCUT2D eigenvalue weighted by Gasteiger charge is -2.17. The van der Waals surface area contributed by atoms with Crippen LogP contribution in [-0.4, -0.2) is 49.8 Å². The van der Waals surface area contributed by atoms with Gasteiger partial charge < -0.3 is 33.6 Å². The standard InChI is InChI=1S/C23H21ClN2O6/c1-29-17-7-11-6-14(25-19(11)22(31-3)21(17)30-2)23(28)26-10-12(9-24)18-15(26)8-16(27)13-4-5-32-20(13)18/h4-8,12,25,27H,9-10H2,1-3H3. The van der Waals surface area contributed by atoms with Crippen LogP contribution in [0.25, 0.3) is 21.9 Å². The van der Waals surface area contributed by atoms with Gasteiger partial charge in [-0.1, -0.05) is 0 Å². The summed E-state index contributed by atoms with van der Waals surface area (Å²) in [6.07, 6.45) is 1.52. The molecular formula is C23H21ClN2O6. The van der Waals surface area contributed by atoms with Gasteiger partial charge in [0, 0.05) is 35.4 Å². The number of fused-ring (bicyclic) bond motifs is 4. The molecular weight excluding hydrogens is 436 g/mol. The van der Waals surface area contributed by atoms with E-state index in [4.69, 9.17) is 30.2 Å². The Hall–Kier alpha value is -3.52. The third kappa shape index (κ3) is 2.79. The molecule has 1 atom stereocenters. The average Bonchev–Trinajstić information content (AvgIpc) is 3.53. The fraction of sp³-hybridized carbons (Fsp3) is 0.261. The van der Waals surface area contributed by atoms with Crippen molar-refractivity contribution in [1.82, 2.24) is 4.98 Å². The average molecular weight is 457 g/mol. The van der Waals surface area contributed by atoms with Crippen LogP contribution in [0.5, 0.6) is 23.0 Å². The second kappa shape index (κ2) is 7.56. The number of amides is 1. The minimum atomic E-state index is -0.264. The molecule has 0 spiro atoms. The fourth-order valence-corrected chi connectivity index (χ4v) is 4.72. The molecule has 2 aromatic heterocycles. The number of carbonyl (C=O) groups is 1. The zero-order valence-electron chi connectivity index (χ0n) is 17.7. The van der Waals surface area contributed by atoms with Crippen molar-refractivity contribution in [2.75, 3.05) is 38.7 Å². The van der Waals surface area contributed by atoms with E-state index in [1.54, 1.807) is 29.2 Å². The van der Waals surface area contributed by atoms with Crippen molar-refractivity contribution in [2.24, 2.45) is 0 Å². The molecule has 1 aliphatic heterocycles. The number of nitrogens with one attached hydrogen (secondary N) is 1. The summed E-state index contributed by atoms with van der Waals surface area (Å²) < 4.78 is 22.0. The first-order valence-electron chi connectivity index (χ1n) is 9.94. The summed E-state index contributed by atoms with van der Waals surface area (Å²) in [7, 11) is 4.59. The van der Waals surface area contributed by atoms with Crippen molar-refractivity contribution in [3.63, 3.8) is 0 Å². The number of anilines is 1. The molecule has 0 saturated heterocycles. The van der Waals surface area contributed by atoms with Crippen LogP contribution in [0.3, 0.4) is 0 Å². The number of aromatic amines is 1. The summed E-state index contributed by atoms with van der Waals surface area (Å²) in [6, 6.07) is 6.81. The number of H-pyrrole nitrogens is 1. The van der Waals surface area contributed by atoms with E-state index >= 15 is 0 Å². The molecule has 1 amide bonds. The number of hydrogen-bond donors (Lipinski definition) is 2. The molecule has 4 aromatic rings. The lowest BCUT2D eigenvalue weighted by Crippen LogP contribution is -2.30. The van der Waals surface area contributed by atoms with Crippen LogP contribution >= 0.6 is 11.6 Å². The van der Waals surface area contributed by atoms with Crippen molar-refractivity contribution < 1.29 is 28.5 Å². The Morgan fingerprint density at radius 1 is 1.22 bits per heavy atom. The van der Waals surface area contributed by atoms with Gasteiger partial charge in [0.2, 0.25) is 5.75 Å². The zero-order valence-corrected chi connectivity index (χ0v) is 18.4. The number of aromatic nitrogens is 1. The van der Waals surface area contributed by atoms with Gasteiger partial charge in [0.1, 0.15) is 17.0 Å². The number of rotatable bonds is 5. The summed E-state index contributed by atoms with van der Waals surface area (Å²) in [5, 5.41) is 11.8. The molecule has 2 aromatic carbocycles. The van der Waals surface area contributed by atoms with Crippen molar-refractivity contribution in [2.45, 2.75) is 5.92 Å². The smallest absolute Gasteiger partial charge is 0.274 e. The van der Waals surface area contributed by atoms with E-state index in [1.807, 2.05) is 0 Å². The molecule has 2 N–H and O–H groups in total. The molecule has 1 unspecified atom stereocenters. The third-order valence-corrected chi connectivity index (χ3v) is 6.29. The minimum absolute atomic E-state index is 0.0494. The quantitative estimate of drug-likeness (QED) is 0.425. The van der Waals surface area contributed by atoms with Crippen LogP contribution in [0.15, 0.2) is 34.9 Å². The normalized spacial score (nSPS) is 15.4. The molecule has 1 aliphatic rings. The molecule has 32 heavy (non-hydrogen) atoms. The van der Waals surface area contributed by atoms with Gasteiger partial charge in [0.05, 0.1) is 44.2 Å². The summed E-state index contributed by atoms with van der Waals surface area (Å²) in [5.74, 6) is 1.34. The molecule has 8 nitrogen and oxygen atoms in total. The van der Waals surface area contributed by atoms with Crippen LogP contribution in [-0.2, 0) is 0 Å².